The Labute approximate surface area is 562 Å². The SMILES string of the molecule is C.Cc1ccc2ncc(Cc3cc(C(=O)NCc4ccc5c(N)noc5c4)ccn3)cc2c1.Cc1ccc2ncc(Cc3cc(C(=O)NCc4ccc5c(N)noc5c4)ccn3)cc2c1.Cc1ccc2ncc(Cc3cc(C(=O)O)ccn3)cc2c1.NCc1ccc2onc(N)c2c1. The van der Waals surface area contributed by atoms with Crippen molar-refractivity contribution >= 4 is 101 Å². The topological polar surface area (TPSA) is 355 Å². The zero-order chi connectivity index (χ0) is 67.5. The smallest absolute Gasteiger partial charge is 0.335 e. The summed E-state index contributed by atoms with van der Waals surface area (Å²) in [5, 5.41) is 31.6. The standard InChI is InChI=1S/2C25H21N5O2.C17H14N2O2.C8H9N3O.CH4/c2*1-15-2-5-22-19(8-15)9-17(14-28-22)10-20-12-18(6-7-27-20)25(31)29-13-16-3-4-21-23(11-16)32-30-24(21)26;1-11-2-3-16-14(6-11)7-12(10-19-16)8-15-9-13(17(20)21)4-5-18-15;9-4-5-1-2-7-6(3-5)8(10)11-12-7;/h2*2-9,11-12,14H,10,13H2,1H3,(H2,26,30)(H,29,31);2-7,9-10H,8H2,1H3,(H,20,21);1-3H,4,9H2,(H2,10,11);1H4. The first-order valence-electron chi connectivity index (χ1n) is 30.8. The lowest BCUT2D eigenvalue weighted by Gasteiger charge is -2.08. The van der Waals surface area contributed by atoms with Crippen molar-refractivity contribution in [3.8, 4) is 0 Å². The van der Waals surface area contributed by atoms with E-state index >= 15 is 0 Å². The summed E-state index contributed by atoms with van der Waals surface area (Å²) in [5.41, 5.74) is 40.5. The van der Waals surface area contributed by atoms with E-state index in [0.29, 0.717) is 84.2 Å². The number of carbonyl (C=O) groups excluding carboxylic acids is 2. The summed E-state index contributed by atoms with van der Waals surface area (Å²) in [6.07, 6.45) is 12.1. The number of hydrogen-bond acceptors (Lipinski definition) is 19. The number of fused-ring (bicyclic) bond motifs is 6. The summed E-state index contributed by atoms with van der Waals surface area (Å²) < 4.78 is 15.3. The number of nitrogen functional groups attached to an aromatic ring is 3. The first-order valence-corrected chi connectivity index (χ1v) is 30.8. The molecule has 0 atom stereocenters. The number of nitrogens with zero attached hydrogens (tertiary/aromatic N) is 9. The molecule has 9 aromatic heterocycles. The minimum Gasteiger partial charge on any atom is -0.478 e. The van der Waals surface area contributed by atoms with E-state index in [0.717, 1.165) is 99.3 Å². The van der Waals surface area contributed by atoms with Crippen LogP contribution >= 0.6 is 0 Å². The zero-order valence-electron chi connectivity index (χ0n) is 53.0. The summed E-state index contributed by atoms with van der Waals surface area (Å²) in [6, 6.07) is 51.7. The van der Waals surface area contributed by atoms with Gasteiger partial charge in [-0.3, -0.25) is 39.5 Å². The van der Waals surface area contributed by atoms with Crippen LogP contribution in [0.15, 0.2) is 215 Å². The highest BCUT2D eigenvalue weighted by atomic mass is 16.5. The highest BCUT2D eigenvalue weighted by Gasteiger charge is 2.14. The van der Waals surface area contributed by atoms with Crippen molar-refractivity contribution in [1.82, 2.24) is 56.0 Å². The van der Waals surface area contributed by atoms with Gasteiger partial charge in [-0.2, -0.15) is 0 Å². The number of carbonyl (C=O) groups is 3. The van der Waals surface area contributed by atoms with Gasteiger partial charge in [-0.25, -0.2) is 4.79 Å². The Kier molecular flexibility index (Phi) is 20.4. The van der Waals surface area contributed by atoms with Gasteiger partial charge in [0.15, 0.2) is 34.2 Å². The van der Waals surface area contributed by atoms with Crippen LogP contribution in [-0.4, -0.2) is 68.3 Å². The number of pyridine rings is 6. The van der Waals surface area contributed by atoms with Gasteiger partial charge in [0, 0.05) is 120 Å². The van der Waals surface area contributed by atoms with Gasteiger partial charge in [0.05, 0.1) is 38.3 Å². The Bertz CT molecular complexity index is 5190. The molecule has 98 heavy (non-hydrogen) atoms. The monoisotopic (exact) mass is 1300 g/mol. The van der Waals surface area contributed by atoms with Crippen molar-refractivity contribution in [3.63, 3.8) is 0 Å². The average Bonchev–Trinajstić information content (AvgIpc) is 1.66. The summed E-state index contributed by atoms with van der Waals surface area (Å²) in [7, 11) is 0. The number of aryl methyl sites for hydroxylation is 3. The number of carboxylic acid groups (broad SMARTS) is 1. The van der Waals surface area contributed by atoms with Crippen molar-refractivity contribution in [2.24, 2.45) is 5.73 Å². The largest absolute Gasteiger partial charge is 0.478 e. The molecular formula is C76H69N15O7. The first kappa shape index (κ1) is 66.6. The van der Waals surface area contributed by atoms with Gasteiger partial charge in [0.2, 0.25) is 0 Å². The predicted molar refractivity (Wildman–Crippen MR) is 380 cm³/mol. The van der Waals surface area contributed by atoms with Crippen LogP contribution in [0.3, 0.4) is 0 Å². The van der Waals surface area contributed by atoms with Crippen LogP contribution in [0, 0.1) is 20.8 Å². The van der Waals surface area contributed by atoms with Crippen LogP contribution < -0.4 is 33.6 Å². The van der Waals surface area contributed by atoms with Gasteiger partial charge in [-0.05, 0) is 182 Å². The molecule has 0 radical (unpaired) electrons. The third-order valence-corrected chi connectivity index (χ3v) is 15.9. The summed E-state index contributed by atoms with van der Waals surface area (Å²) in [4.78, 5) is 63.0. The number of hydrogen-bond donors (Lipinski definition) is 7. The summed E-state index contributed by atoms with van der Waals surface area (Å²) in [6.45, 7) is 7.40. The molecule has 2 amide bonds. The van der Waals surface area contributed by atoms with E-state index in [1.54, 1.807) is 30.6 Å². The van der Waals surface area contributed by atoms with Crippen LogP contribution in [0.4, 0.5) is 17.5 Å². The summed E-state index contributed by atoms with van der Waals surface area (Å²) >= 11 is 0. The van der Waals surface area contributed by atoms with Crippen molar-refractivity contribution in [1.29, 1.82) is 0 Å². The van der Waals surface area contributed by atoms with Gasteiger partial charge in [0.25, 0.3) is 11.8 Å². The molecule has 0 unspecified atom stereocenters. The van der Waals surface area contributed by atoms with Crippen LogP contribution in [-0.2, 0) is 38.9 Å². The maximum absolute atomic E-state index is 12.7. The van der Waals surface area contributed by atoms with Crippen LogP contribution in [0.1, 0.15) is 106 Å². The molecule has 0 aliphatic rings. The fourth-order valence-corrected chi connectivity index (χ4v) is 10.9. The van der Waals surface area contributed by atoms with Gasteiger partial charge in [-0.15, -0.1) is 0 Å². The molecule has 22 nitrogen and oxygen atoms in total. The molecule has 9 heterocycles. The molecule has 6 aromatic carbocycles. The fraction of sp³-hybridized carbons (Fsp3) is 0.132. The fourth-order valence-electron chi connectivity index (χ4n) is 10.9. The number of benzene rings is 6. The lowest BCUT2D eigenvalue weighted by molar-refractivity contribution is 0.0696. The Morgan fingerprint density at radius 3 is 1.18 bits per heavy atom. The zero-order valence-corrected chi connectivity index (χ0v) is 53.0. The molecule has 11 N–H and O–H groups in total. The Morgan fingerprint density at radius 2 is 0.776 bits per heavy atom. The van der Waals surface area contributed by atoms with Gasteiger partial charge >= 0.3 is 5.97 Å². The van der Waals surface area contributed by atoms with E-state index < -0.39 is 5.97 Å². The number of anilines is 3. The maximum atomic E-state index is 12.7. The molecule has 0 saturated carbocycles. The van der Waals surface area contributed by atoms with Crippen molar-refractivity contribution in [3.05, 3.63) is 285 Å². The minimum absolute atomic E-state index is 0. The predicted octanol–water partition coefficient (Wildman–Crippen LogP) is 13.1. The van der Waals surface area contributed by atoms with Gasteiger partial charge in [0.1, 0.15) is 0 Å². The molecule has 0 fully saturated rings. The number of rotatable bonds is 14. The lowest BCUT2D eigenvalue weighted by Crippen LogP contribution is -2.23. The van der Waals surface area contributed by atoms with Crippen molar-refractivity contribution in [2.45, 2.75) is 67.1 Å². The number of nitrogens with one attached hydrogen (secondary N) is 2. The van der Waals surface area contributed by atoms with E-state index in [1.165, 1.54) is 29.0 Å². The van der Waals surface area contributed by atoms with Crippen LogP contribution in [0.25, 0.3) is 65.6 Å². The Balaban J connectivity index is 0.000000139. The molecule has 0 saturated heterocycles. The molecule has 0 bridgehead atoms. The summed E-state index contributed by atoms with van der Waals surface area (Å²) in [5.74, 6) is -0.143. The second-order valence-corrected chi connectivity index (χ2v) is 23.3. The minimum atomic E-state index is -0.939. The molecule has 15 rings (SSSR count). The molecule has 22 heteroatoms. The van der Waals surface area contributed by atoms with E-state index in [4.69, 9.17) is 41.6 Å². The quantitative estimate of drug-likeness (QED) is 0.0532. The Morgan fingerprint density at radius 1 is 0.398 bits per heavy atom. The second-order valence-electron chi connectivity index (χ2n) is 23.3. The van der Waals surface area contributed by atoms with E-state index in [9.17, 15) is 14.4 Å². The molecule has 0 aliphatic heterocycles. The lowest BCUT2D eigenvalue weighted by atomic mass is 10.1. The van der Waals surface area contributed by atoms with Crippen molar-refractivity contribution in [2.75, 3.05) is 17.2 Å². The van der Waals surface area contributed by atoms with Gasteiger partial charge in [-0.1, -0.05) is 76.0 Å². The number of aromatic carboxylic acids is 1. The highest BCUT2D eigenvalue weighted by Crippen LogP contribution is 2.26. The highest BCUT2D eigenvalue weighted by molar-refractivity contribution is 5.95. The van der Waals surface area contributed by atoms with E-state index in [1.807, 2.05) is 117 Å². The second kappa shape index (κ2) is 30.1. The number of amides is 2. The van der Waals surface area contributed by atoms with E-state index in [-0.39, 0.29) is 24.8 Å². The number of aromatic nitrogens is 9. The number of carboxylic acids is 1. The van der Waals surface area contributed by atoms with Crippen molar-refractivity contribution < 1.29 is 33.1 Å². The maximum Gasteiger partial charge on any atom is 0.335 e. The van der Waals surface area contributed by atoms with E-state index in [2.05, 4.69) is 118 Å². The average molecular weight is 1300 g/mol. The normalized spacial score (nSPS) is 10.9. The third-order valence-electron chi connectivity index (χ3n) is 15.9. The molecule has 0 spiro atoms. The van der Waals surface area contributed by atoms with Gasteiger partial charge < -0.3 is 52.2 Å². The molecule has 490 valence electrons. The first-order chi connectivity index (χ1) is 47.0. The van der Waals surface area contributed by atoms with Crippen LogP contribution in [0.2, 0.25) is 0 Å². The molecule has 15 aromatic rings. The third kappa shape index (κ3) is 16.4. The van der Waals surface area contributed by atoms with Crippen LogP contribution in [0.5, 0.6) is 0 Å². The Hall–Kier alpha value is -12.8. The number of nitrogens with two attached hydrogens (primary N) is 4. The molecular weight excluding hydrogens is 1230 g/mol. The molecule has 0 aliphatic carbocycles.